The van der Waals surface area contributed by atoms with E-state index in [1.165, 1.54) is 24.7 Å². The molecular formula is C15H24FNO2. The summed E-state index contributed by atoms with van der Waals surface area (Å²) in [5, 5.41) is 0. The van der Waals surface area contributed by atoms with E-state index < -0.39 is 0 Å². The van der Waals surface area contributed by atoms with Crippen molar-refractivity contribution in [3.05, 3.63) is 34.6 Å². The molecule has 1 aliphatic rings. The second-order valence-corrected chi connectivity index (χ2v) is 4.00. The highest BCUT2D eigenvalue weighted by Crippen LogP contribution is 2.24. The molecule has 0 unspecified atom stereocenters. The van der Waals surface area contributed by atoms with Gasteiger partial charge in [0.15, 0.2) is 0 Å². The summed E-state index contributed by atoms with van der Waals surface area (Å²) < 4.78 is 17.1. The maximum Gasteiger partial charge on any atom is 0.319 e. The lowest BCUT2D eigenvalue weighted by Crippen LogP contribution is -2.14. The zero-order valence-electron chi connectivity index (χ0n) is 12.3. The van der Waals surface area contributed by atoms with Crippen LogP contribution in [-0.4, -0.2) is 19.6 Å². The number of benzene rings is 1. The van der Waals surface area contributed by atoms with Crippen molar-refractivity contribution in [2.45, 2.75) is 40.0 Å². The summed E-state index contributed by atoms with van der Waals surface area (Å²) in [5.74, 6) is -0.430. The number of halogens is 1. The Balaban J connectivity index is 0.000000350. The lowest BCUT2D eigenvalue weighted by atomic mass is 10.1. The number of hydrogen-bond acceptors (Lipinski definition) is 3. The van der Waals surface area contributed by atoms with E-state index in [4.69, 9.17) is 5.73 Å². The van der Waals surface area contributed by atoms with Gasteiger partial charge in [0.2, 0.25) is 0 Å². The number of esters is 1. The monoisotopic (exact) mass is 269 g/mol. The van der Waals surface area contributed by atoms with Gasteiger partial charge in [-0.1, -0.05) is 19.9 Å². The fourth-order valence-electron chi connectivity index (χ4n) is 1.80. The summed E-state index contributed by atoms with van der Waals surface area (Å²) in [6, 6.07) is 3.68. The number of carbonyl (C=O) groups excluding carboxylic acids is 1. The van der Waals surface area contributed by atoms with Gasteiger partial charge in [-0.3, -0.25) is 4.79 Å². The summed E-state index contributed by atoms with van der Waals surface area (Å²) in [4.78, 5) is 9.83. The first-order valence-electron chi connectivity index (χ1n) is 6.63. The highest BCUT2D eigenvalue weighted by molar-refractivity contribution is 5.70. The van der Waals surface area contributed by atoms with Crippen LogP contribution < -0.4 is 5.73 Å². The van der Waals surface area contributed by atoms with Crippen molar-refractivity contribution in [2.75, 3.05) is 13.7 Å². The molecule has 2 rings (SSSR count). The molecule has 108 valence electrons. The Morgan fingerprint density at radius 2 is 1.84 bits per heavy atom. The largest absolute Gasteiger partial charge is 0.468 e. The molecule has 0 amide bonds. The Hall–Kier alpha value is -1.42. The van der Waals surface area contributed by atoms with Crippen LogP contribution >= 0.6 is 0 Å². The van der Waals surface area contributed by atoms with Crippen molar-refractivity contribution in [1.82, 2.24) is 0 Å². The predicted molar refractivity (Wildman–Crippen MR) is 75.6 cm³/mol. The van der Waals surface area contributed by atoms with Gasteiger partial charge in [-0.05, 0) is 48.9 Å². The van der Waals surface area contributed by atoms with Crippen LogP contribution in [-0.2, 0) is 22.4 Å². The summed E-state index contributed by atoms with van der Waals surface area (Å²) in [5.41, 5.74) is 8.16. The average molecular weight is 269 g/mol. The molecule has 1 aromatic rings. The Morgan fingerprint density at radius 1 is 1.32 bits per heavy atom. The molecule has 0 radical (unpaired) electrons. The lowest BCUT2D eigenvalue weighted by Gasteiger charge is -2.01. The zero-order valence-corrected chi connectivity index (χ0v) is 12.3. The molecule has 0 atom stereocenters. The second kappa shape index (κ2) is 9.50. The third-order valence-electron chi connectivity index (χ3n) is 2.77. The molecule has 0 aromatic heterocycles. The molecule has 1 aromatic carbocycles. The van der Waals surface area contributed by atoms with Crippen LogP contribution in [0.1, 0.15) is 37.0 Å². The topological polar surface area (TPSA) is 52.3 Å². The molecule has 19 heavy (non-hydrogen) atoms. The van der Waals surface area contributed by atoms with E-state index in [0.717, 1.165) is 18.4 Å². The van der Waals surface area contributed by atoms with Gasteiger partial charge in [0.25, 0.3) is 0 Å². The van der Waals surface area contributed by atoms with Gasteiger partial charge in [-0.25, -0.2) is 4.39 Å². The number of hydrogen-bond donors (Lipinski definition) is 1. The number of ether oxygens (including phenoxy) is 1. The number of methoxy groups -OCH3 is 1. The van der Waals surface area contributed by atoms with E-state index in [-0.39, 0.29) is 18.3 Å². The highest BCUT2D eigenvalue weighted by atomic mass is 19.1. The first kappa shape index (κ1) is 17.6. The van der Waals surface area contributed by atoms with Crippen LogP contribution in [0.25, 0.3) is 0 Å². The minimum absolute atomic E-state index is 0.0312. The van der Waals surface area contributed by atoms with Crippen LogP contribution in [0.5, 0.6) is 0 Å². The molecule has 4 heteroatoms. The summed E-state index contributed by atoms with van der Waals surface area (Å²) in [6.07, 6.45) is 3.39. The first-order valence-corrected chi connectivity index (χ1v) is 6.63. The van der Waals surface area contributed by atoms with Gasteiger partial charge < -0.3 is 10.5 Å². The van der Waals surface area contributed by atoms with Crippen molar-refractivity contribution in [3.8, 4) is 0 Å². The van der Waals surface area contributed by atoms with Crippen molar-refractivity contribution in [3.63, 3.8) is 0 Å². The standard InChI is InChI=1S/C10H11F.C3H7NO2.C2H6/c1-7-5-8-3-2-4-9(8)6-10(7)11;1-6-3(5)2-4;1-2/h5-6H,2-4H2,1H3;2,4H2,1H3;1-2H3. The molecule has 0 saturated heterocycles. The summed E-state index contributed by atoms with van der Waals surface area (Å²) >= 11 is 0. The van der Waals surface area contributed by atoms with Crippen molar-refractivity contribution >= 4 is 5.97 Å². The van der Waals surface area contributed by atoms with Crippen LogP contribution in [0.2, 0.25) is 0 Å². The smallest absolute Gasteiger partial charge is 0.319 e. The minimum atomic E-state index is -0.380. The molecule has 0 aliphatic heterocycles. The lowest BCUT2D eigenvalue weighted by molar-refractivity contribution is -0.138. The normalized spacial score (nSPS) is 11.5. The fraction of sp³-hybridized carbons (Fsp3) is 0.533. The van der Waals surface area contributed by atoms with E-state index in [0.29, 0.717) is 0 Å². The van der Waals surface area contributed by atoms with E-state index in [9.17, 15) is 9.18 Å². The molecule has 3 nitrogen and oxygen atoms in total. The first-order chi connectivity index (χ1) is 9.08. The Labute approximate surface area is 115 Å². The van der Waals surface area contributed by atoms with Gasteiger partial charge in [0.1, 0.15) is 5.82 Å². The molecule has 0 saturated carbocycles. The number of nitrogens with two attached hydrogens (primary N) is 1. The Kier molecular flexibility index (Phi) is 8.79. The van der Waals surface area contributed by atoms with Gasteiger partial charge in [-0.15, -0.1) is 0 Å². The zero-order chi connectivity index (χ0) is 14.8. The number of carbonyl (C=O) groups is 1. The molecule has 1 aliphatic carbocycles. The predicted octanol–water partition coefficient (Wildman–Crippen LogP) is 2.77. The summed E-state index contributed by atoms with van der Waals surface area (Å²) in [7, 11) is 1.30. The molecule has 0 bridgehead atoms. The SMILES string of the molecule is CC.COC(=O)CN.Cc1cc2c(cc1F)CCC2. The van der Waals surface area contributed by atoms with E-state index in [2.05, 4.69) is 4.74 Å². The molecule has 0 fully saturated rings. The Bertz CT molecular complexity index is 370. The molecule has 2 N–H and O–H groups in total. The van der Waals surface area contributed by atoms with E-state index >= 15 is 0 Å². The van der Waals surface area contributed by atoms with Gasteiger partial charge >= 0.3 is 5.97 Å². The third kappa shape index (κ3) is 5.83. The van der Waals surface area contributed by atoms with Crippen LogP contribution in [0, 0.1) is 12.7 Å². The van der Waals surface area contributed by atoms with Crippen LogP contribution in [0.4, 0.5) is 4.39 Å². The van der Waals surface area contributed by atoms with Gasteiger partial charge in [-0.2, -0.15) is 0 Å². The van der Waals surface area contributed by atoms with Crippen molar-refractivity contribution < 1.29 is 13.9 Å². The number of aryl methyl sites for hydroxylation is 3. The molecule has 0 heterocycles. The van der Waals surface area contributed by atoms with E-state index in [1.807, 2.05) is 26.8 Å². The molecular weight excluding hydrogens is 245 g/mol. The van der Waals surface area contributed by atoms with Crippen molar-refractivity contribution in [1.29, 1.82) is 0 Å². The number of rotatable bonds is 1. The Morgan fingerprint density at radius 3 is 2.26 bits per heavy atom. The highest BCUT2D eigenvalue weighted by Gasteiger charge is 2.12. The third-order valence-corrected chi connectivity index (χ3v) is 2.77. The van der Waals surface area contributed by atoms with Gasteiger partial charge in [0.05, 0.1) is 13.7 Å². The minimum Gasteiger partial charge on any atom is -0.468 e. The van der Waals surface area contributed by atoms with Crippen LogP contribution in [0.3, 0.4) is 0 Å². The fourth-order valence-corrected chi connectivity index (χ4v) is 1.80. The quantitative estimate of drug-likeness (QED) is 0.798. The number of fused-ring (bicyclic) bond motifs is 1. The second-order valence-electron chi connectivity index (χ2n) is 4.00. The van der Waals surface area contributed by atoms with Gasteiger partial charge in [0, 0.05) is 0 Å². The maximum absolute atomic E-state index is 13.0. The van der Waals surface area contributed by atoms with Crippen molar-refractivity contribution in [2.24, 2.45) is 5.73 Å². The molecule has 0 spiro atoms. The maximum atomic E-state index is 13.0. The van der Waals surface area contributed by atoms with Crippen LogP contribution in [0.15, 0.2) is 12.1 Å². The van der Waals surface area contributed by atoms with E-state index in [1.54, 1.807) is 6.07 Å². The summed E-state index contributed by atoms with van der Waals surface area (Å²) in [6.45, 7) is 5.80. The average Bonchev–Trinajstić information content (AvgIpc) is 2.88.